The summed E-state index contributed by atoms with van der Waals surface area (Å²) in [5, 5.41) is 12.8. The van der Waals surface area contributed by atoms with E-state index in [1.54, 1.807) is 30.3 Å². The van der Waals surface area contributed by atoms with Crippen LogP contribution in [0.5, 0.6) is 0 Å². The standard InChI is InChI=1S/C19H18ClNO3S/c20-18-11-4-2-7-15(18)13-25(23,24)21-12-19(22)17-10-5-8-14-6-1-3-9-16(14)17/h1-11,19,21-22H,12-13H2. The third kappa shape index (κ3) is 4.38. The highest BCUT2D eigenvalue weighted by molar-refractivity contribution is 7.88. The molecule has 0 aliphatic rings. The van der Waals surface area contributed by atoms with Crippen LogP contribution in [-0.4, -0.2) is 20.1 Å². The summed E-state index contributed by atoms with van der Waals surface area (Å²) in [6.07, 6.45) is -0.938. The van der Waals surface area contributed by atoms with Crippen LogP contribution in [0.1, 0.15) is 17.2 Å². The first-order chi connectivity index (χ1) is 12.0. The summed E-state index contributed by atoms with van der Waals surface area (Å²) in [7, 11) is -3.61. The predicted octanol–water partition coefficient (Wildman–Crippen LogP) is 3.65. The van der Waals surface area contributed by atoms with Crippen molar-refractivity contribution in [1.29, 1.82) is 0 Å². The number of hydrogen-bond donors (Lipinski definition) is 2. The molecule has 25 heavy (non-hydrogen) atoms. The van der Waals surface area contributed by atoms with Gasteiger partial charge in [0.25, 0.3) is 0 Å². The van der Waals surface area contributed by atoms with Crippen molar-refractivity contribution >= 4 is 32.4 Å². The van der Waals surface area contributed by atoms with Gasteiger partial charge in [-0.05, 0) is 28.0 Å². The topological polar surface area (TPSA) is 66.4 Å². The first-order valence-corrected chi connectivity index (χ1v) is 9.86. The van der Waals surface area contributed by atoms with Crippen molar-refractivity contribution in [3.05, 3.63) is 82.9 Å². The number of nitrogens with one attached hydrogen (secondary N) is 1. The van der Waals surface area contributed by atoms with E-state index in [0.29, 0.717) is 16.1 Å². The van der Waals surface area contributed by atoms with E-state index in [1.807, 2.05) is 36.4 Å². The molecular formula is C19H18ClNO3S. The van der Waals surface area contributed by atoms with Gasteiger partial charge in [-0.25, -0.2) is 13.1 Å². The van der Waals surface area contributed by atoms with Crippen molar-refractivity contribution in [2.75, 3.05) is 6.54 Å². The van der Waals surface area contributed by atoms with Crippen LogP contribution in [0.3, 0.4) is 0 Å². The molecule has 0 saturated heterocycles. The Bertz CT molecular complexity index is 983. The number of aliphatic hydroxyl groups is 1. The fourth-order valence-corrected chi connectivity index (χ4v) is 4.18. The minimum absolute atomic E-state index is 0.0964. The van der Waals surface area contributed by atoms with Gasteiger partial charge in [-0.3, -0.25) is 0 Å². The largest absolute Gasteiger partial charge is 0.387 e. The molecule has 0 fully saturated rings. The quantitative estimate of drug-likeness (QED) is 0.691. The van der Waals surface area contributed by atoms with E-state index < -0.39 is 16.1 Å². The Labute approximate surface area is 152 Å². The molecule has 4 nitrogen and oxygen atoms in total. The molecule has 3 rings (SSSR count). The summed E-state index contributed by atoms with van der Waals surface area (Å²) >= 11 is 6.01. The fourth-order valence-electron chi connectivity index (χ4n) is 2.73. The smallest absolute Gasteiger partial charge is 0.215 e. The lowest BCUT2D eigenvalue weighted by molar-refractivity contribution is 0.183. The van der Waals surface area contributed by atoms with Gasteiger partial charge in [-0.2, -0.15) is 0 Å². The van der Waals surface area contributed by atoms with Gasteiger partial charge in [-0.1, -0.05) is 72.3 Å². The van der Waals surface area contributed by atoms with Crippen molar-refractivity contribution in [1.82, 2.24) is 4.72 Å². The fraction of sp³-hybridized carbons (Fsp3) is 0.158. The van der Waals surface area contributed by atoms with Gasteiger partial charge in [0, 0.05) is 11.6 Å². The average Bonchev–Trinajstić information content (AvgIpc) is 2.61. The molecule has 3 aromatic rings. The lowest BCUT2D eigenvalue weighted by Crippen LogP contribution is -2.29. The number of aliphatic hydroxyl groups excluding tert-OH is 1. The minimum atomic E-state index is -3.61. The number of fused-ring (bicyclic) bond motifs is 1. The zero-order chi connectivity index (χ0) is 17.9. The molecule has 1 atom stereocenters. The maximum Gasteiger partial charge on any atom is 0.215 e. The molecule has 1 unspecified atom stereocenters. The second-order valence-corrected chi connectivity index (χ2v) is 8.00. The first kappa shape index (κ1) is 17.9. The van der Waals surface area contributed by atoms with E-state index in [9.17, 15) is 13.5 Å². The van der Waals surface area contributed by atoms with Crippen LogP contribution in [0.15, 0.2) is 66.7 Å². The van der Waals surface area contributed by atoms with Gasteiger partial charge >= 0.3 is 0 Å². The Morgan fingerprint density at radius 2 is 1.64 bits per heavy atom. The Balaban J connectivity index is 1.73. The van der Waals surface area contributed by atoms with Crippen LogP contribution >= 0.6 is 11.6 Å². The van der Waals surface area contributed by atoms with Gasteiger partial charge < -0.3 is 5.11 Å². The molecule has 0 saturated carbocycles. The molecule has 0 amide bonds. The van der Waals surface area contributed by atoms with Gasteiger partial charge in [0.15, 0.2) is 0 Å². The third-order valence-corrected chi connectivity index (χ3v) is 5.65. The molecule has 0 heterocycles. The number of sulfonamides is 1. The number of halogens is 1. The van der Waals surface area contributed by atoms with Crippen molar-refractivity contribution in [3.8, 4) is 0 Å². The Hall–Kier alpha value is -1.92. The molecule has 0 spiro atoms. The molecular weight excluding hydrogens is 358 g/mol. The van der Waals surface area contributed by atoms with E-state index in [-0.39, 0.29) is 12.3 Å². The van der Waals surface area contributed by atoms with Crippen LogP contribution in [-0.2, 0) is 15.8 Å². The lowest BCUT2D eigenvalue weighted by atomic mass is 10.0. The SMILES string of the molecule is O=S(=O)(Cc1ccccc1Cl)NCC(O)c1cccc2ccccc12. The molecule has 2 N–H and O–H groups in total. The normalized spacial score (nSPS) is 13.0. The van der Waals surface area contributed by atoms with Crippen molar-refractivity contribution in [2.45, 2.75) is 11.9 Å². The summed E-state index contributed by atoms with van der Waals surface area (Å²) in [6.45, 7) is -0.0964. The number of hydrogen-bond acceptors (Lipinski definition) is 3. The summed E-state index contributed by atoms with van der Waals surface area (Å²) in [4.78, 5) is 0. The molecule has 0 bridgehead atoms. The van der Waals surface area contributed by atoms with Crippen LogP contribution in [0.25, 0.3) is 10.8 Å². The predicted molar refractivity (Wildman–Crippen MR) is 101 cm³/mol. The second-order valence-electron chi connectivity index (χ2n) is 5.78. The van der Waals surface area contributed by atoms with Gasteiger partial charge in [0.05, 0.1) is 11.9 Å². The molecule has 6 heteroatoms. The van der Waals surface area contributed by atoms with E-state index in [4.69, 9.17) is 11.6 Å². The summed E-state index contributed by atoms with van der Waals surface area (Å²) in [6, 6.07) is 20.1. The molecule has 3 aromatic carbocycles. The molecule has 0 aliphatic heterocycles. The van der Waals surface area contributed by atoms with E-state index >= 15 is 0 Å². The van der Waals surface area contributed by atoms with Crippen molar-refractivity contribution in [2.24, 2.45) is 0 Å². The van der Waals surface area contributed by atoms with Crippen molar-refractivity contribution in [3.63, 3.8) is 0 Å². The Morgan fingerprint density at radius 1 is 0.960 bits per heavy atom. The maximum atomic E-state index is 12.3. The highest BCUT2D eigenvalue weighted by Crippen LogP contribution is 2.24. The summed E-state index contributed by atoms with van der Waals surface area (Å²) in [5.74, 6) is -0.227. The monoisotopic (exact) mass is 375 g/mol. The van der Waals surface area contributed by atoms with Crippen LogP contribution in [0.4, 0.5) is 0 Å². The minimum Gasteiger partial charge on any atom is -0.387 e. The summed E-state index contributed by atoms with van der Waals surface area (Å²) in [5.41, 5.74) is 1.22. The Kier molecular flexibility index (Phi) is 5.39. The highest BCUT2D eigenvalue weighted by Gasteiger charge is 2.17. The average molecular weight is 376 g/mol. The number of rotatable bonds is 6. The summed E-state index contributed by atoms with van der Waals surface area (Å²) < 4.78 is 27.0. The van der Waals surface area contributed by atoms with E-state index in [1.165, 1.54) is 0 Å². The van der Waals surface area contributed by atoms with Gasteiger partial charge in [0.2, 0.25) is 10.0 Å². The third-order valence-electron chi connectivity index (χ3n) is 3.98. The first-order valence-electron chi connectivity index (χ1n) is 7.83. The number of benzene rings is 3. The van der Waals surface area contributed by atoms with Crippen LogP contribution in [0.2, 0.25) is 5.02 Å². The molecule has 0 aromatic heterocycles. The molecule has 0 aliphatic carbocycles. The van der Waals surface area contributed by atoms with E-state index in [0.717, 1.165) is 10.8 Å². The van der Waals surface area contributed by atoms with Crippen molar-refractivity contribution < 1.29 is 13.5 Å². The van der Waals surface area contributed by atoms with Crippen LogP contribution in [0, 0.1) is 0 Å². The second kappa shape index (κ2) is 7.54. The van der Waals surface area contributed by atoms with Gasteiger partial charge in [0.1, 0.15) is 0 Å². The molecule has 130 valence electrons. The zero-order valence-electron chi connectivity index (χ0n) is 13.4. The highest BCUT2D eigenvalue weighted by atomic mass is 35.5. The molecule has 0 radical (unpaired) electrons. The maximum absolute atomic E-state index is 12.3. The van der Waals surface area contributed by atoms with Gasteiger partial charge in [-0.15, -0.1) is 0 Å². The Morgan fingerprint density at radius 3 is 2.44 bits per heavy atom. The lowest BCUT2D eigenvalue weighted by Gasteiger charge is -2.15. The van der Waals surface area contributed by atoms with E-state index in [2.05, 4.69) is 4.72 Å². The zero-order valence-corrected chi connectivity index (χ0v) is 15.0. The van der Waals surface area contributed by atoms with Crippen LogP contribution < -0.4 is 4.72 Å².